The summed E-state index contributed by atoms with van der Waals surface area (Å²) in [6, 6.07) is 2.25. The van der Waals surface area contributed by atoms with Gasteiger partial charge in [-0.05, 0) is 19.0 Å². The van der Waals surface area contributed by atoms with E-state index in [-0.39, 0.29) is 5.91 Å². The first-order valence-corrected chi connectivity index (χ1v) is 6.72. The monoisotopic (exact) mass is 185 g/mol. The quantitative estimate of drug-likeness (QED) is 0.525. The molecule has 0 aromatic carbocycles. The van der Waals surface area contributed by atoms with Crippen LogP contribution in [0.5, 0.6) is 0 Å². The number of nitrogens with two attached hydrogens (primary N) is 1. The molecule has 2 nitrogen and oxygen atoms in total. The second-order valence-electron chi connectivity index (χ2n) is 3.29. The highest BCUT2D eigenvalue weighted by Gasteiger charge is 2.17. The van der Waals surface area contributed by atoms with E-state index in [0.29, 0.717) is 0 Å². The Hall–Kier alpha value is -0.573. The van der Waals surface area contributed by atoms with Crippen LogP contribution in [0.3, 0.4) is 0 Å². The highest BCUT2D eigenvalue weighted by molar-refractivity contribution is 6.72. The van der Waals surface area contributed by atoms with Crippen molar-refractivity contribution in [1.82, 2.24) is 0 Å². The number of rotatable bonds is 4. The zero-order valence-electron chi connectivity index (χ0n) is 8.48. The maximum atomic E-state index is 11.1. The van der Waals surface area contributed by atoms with Crippen molar-refractivity contribution < 1.29 is 4.79 Å². The van der Waals surface area contributed by atoms with Gasteiger partial charge in [-0.1, -0.05) is 31.5 Å². The fourth-order valence-corrected chi connectivity index (χ4v) is 4.17. The van der Waals surface area contributed by atoms with Crippen molar-refractivity contribution in [2.45, 2.75) is 39.8 Å². The average molecular weight is 185 g/mol. The van der Waals surface area contributed by atoms with Gasteiger partial charge in [-0.25, -0.2) is 0 Å². The molecule has 0 spiro atoms. The van der Waals surface area contributed by atoms with E-state index in [0.717, 1.165) is 22.9 Å². The Morgan fingerprint density at radius 1 is 1.25 bits per heavy atom. The molecule has 0 saturated carbocycles. The van der Waals surface area contributed by atoms with Gasteiger partial charge in [-0.2, -0.15) is 0 Å². The van der Waals surface area contributed by atoms with Gasteiger partial charge < -0.3 is 5.73 Å². The van der Waals surface area contributed by atoms with E-state index in [1.54, 1.807) is 0 Å². The predicted octanol–water partition coefficient (Wildman–Crippen LogP) is 1.61. The number of carbonyl (C=O) groups excluding carboxylic acids is 1. The topological polar surface area (TPSA) is 43.1 Å². The van der Waals surface area contributed by atoms with Gasteiger partial charge in [0.2, 0.25) is 5.91 Å². The first kappa shape index (κ1) is 11.4. The summed E-state index contributed by atoms with van der Waals surface area (Å²) in [5, 5.41) is 0.958. The van der Waals surface area contributed by atoms with Gasteiger partial charge in [-0.15, -0.1) is 0 Å². The van der Waals surface area contributed by atoms with Crippen LogP contribution < -0.4 is 5.73 Å². The summed E-state index contributed by atoms with van der Waals surface area (Å²) in [5.41, 5.74) is 6.44. The molecule has 0 radical (unpaired) electrons. The summed E-state index contributed by atoms with van der Waals surface area (Å²) in [6.45, 7) is 8.25. The first-order chi connectivity index (χ1) is 5.54. The number of primary amides is 1. The molecule has 0 heterocycles. The predicted molar refractivity (Wildman–Crippen MR) is 55.7 cm³/mol. The number of amides is 1. The second-order valence-corrected chi connectivity index (χ2v) is 6.90. The summed E-state index contributed by atoms with van der Waals surface area (Å²) >= 11 is 0. The highest BCUT2D eigenvalue weighted by atomic mass is 28.3. The molecular weight excluding hydrogens is 166 g/mol. The molecule has 0 bridgehead atoms. The molecule has 0 aliphatic rings. The fraction of sp³-hybridized carbons (Fsp3) is 0.667. The summed E-state index contributed by atoms with van der Waals surface area (Å²) in [7, 11) is -1.02. The molecule has 0 aliphatic heterocycles. The molecule has 0 unspecified atom stereocenters. The van der Waals surface area contributed by atoms with Crippen molar-refractivity contribution in [3.63, 3.8) is 0 Å². The van der Waals surface area contributed by atoms with Gasteiger partial charge in [0.1, 0.15) is 0 Å². The van der Waals surface area contributed by atoms with Crippen molar-refractivity contribution in [2.24, 2.45) is 5.73 Å². The van der Waals surface area contributed by atoms with E-state index in [4.69, 9.17) is 5.73 Å². The van der Waals surface area contributed by atoms with Crippen molar-refractivity contribution in [2.75, 3.05) is 0 Å². The lowest BCUT2D eigenvalue weighted by molar-refractivity contribution is -0.114. The SMILES string of the molecule is CC[SiH](CC)C(C(N)=O)=C(C)C. The Kier molecular flexibility index (Phi) is 4.89. The summed E-state index contributed by atoms with van der Waals surface area (Å²) in [4.78, 5) is 11.1. The minimum absolute atomic E-state index is 0.199. The van der Waals surface area contributed by atoms with Crippen LogP contribution in [0.25, 0.3) is 0 Å². The van der Waals surface area contributed by atoms with Crippen LogP contribution in [0.4, 0.5) is 0 Å². The van der Waals surface area contributed by atoms with Crippen LogP contribution in [-0.2, 0) is 4.79 Å². The van der Waals surface area contributed by atoms with E-state index >= 15 is 0 Å². The maximum Gasteiger partial charge on any atom is 0.240 e. The molecule has 0 aromatic rings. The Morgan fingerprint density at radius 2 is 1.67 bits per heavy atom. The number of allylic oxidation sites excluding steroid dienone is 1. The smallest absolute Gasteiger partial charge is 0.240 e. The molecule has 0 aliphatic carbocycles. The highest BCUT2D eigenvalue weighted by Crippen LogP contribution is 2.13. The third-order valence-electron chi connectivity index (χ3n) is 2.20. The van der Waals surface area contributed by atoms with Gasteiger partial charge >= 0.3 is 0 Å². The Labute approximate surface area is 76.4 Å². The molecule has 0 fully saturated rings. The number of hydrogen-bond donors (Lipinski definition) is 1. The second kappa shape index (κ2) is 5.14. The first-order valence-electron chi connectivity index (χ1n) is 4.51. The molecule has 0 rings (SSSR count). The van der Waals surface area contributed by atoms with Crippen molar-refractivity contribution in [1.29, 1.82) is 0 Å². The zero-order chi connectivity index (χ0) is 9.72. The molecule has 0 atom stereocenters. The molecule has 2 N–H and O–H groups in total. The van der Waals surface area contributed by atoms with Gasteiger partial charge in [0.15, 0.2) is 0 Å². The molecule has 70 valence electrons. The summed E-state index contributed by atoms with van der Waals surface area (Å²) < 4.78 is 0. The normalized spacial score (nSPS) is 10.1. The van der Waals surface area contributed by atoms with Crippen LogP contribution in [-0.4, -0.2) is 14.7 Å². The molecule has 0 aromatic heterocycles. The molecular formula is C9H19NOSi. The Bertz CT molecular complexity index is 191. The van der Waals surface area contributed by atoms with Gasteiger partial charge in [0.25, 0.3) is 0 Å². The van der Waals surface area contributed by atoms with E-state index in [1.165, 1.54) is 0 Å². The zero-order valence-corrected chi connectivity index (χ0v) is 9.63. The largest absolute Gasteiger partial charge is 0.366 e. The number of hydrogen-bond acceptors (Lipinski definition) is 1. The van der Waals surface area contributed by atoms with Crippen LogP contribution >= 0.6 is 0 Å². The average Bonchev–Trinajstić information content (AvgIpc) is 1.98. The maximum absolute atomic E-state index is 11.1. The van der Waals surface area contributed by atoms with Crippen LogP contribution in [0.1, 0.15) is 27.7 Å². The van der Waals surface area contributed by atoms with E-state index < -0.39 is 8.80 Å². The Morgan fingerprint density at radius 3 is 1.75 bits per heavy atom. The van der Waals surface area contributed by atoms with Crippen LogP contribution in [0, 0.1) is 0 Å². The van der Waals surface area contributed by atoms with E-state index in [9.17, 15) is 4.79 Å². The van der Waals surface area contributed by atoms with Crippen molar-refractivity contribution in [3.8, 4) is 0 Å². The van der Waals surface area contributed by atoms with Crippen LogP contribution in [0.2, 0.25) is 12.1 Å². The fourth-order valence-electron chi connectivity index (χ4n) is 1.55. The lowest BCUT2D eigenvalue weighted by Crippen LogP contribution is -2.27. The van der Waals surface area contributed by atoms with E-state index in [2.05, 4.69) is 13.8 Å². The lowest BCUT2D eigenvalue weighted by Gasteiger charge is -2.14. The molecule has 1 amide bonds. The van der Waals surface area contributed by atoms with Crippen LogP contribution in [0.15, 0.2) is 10.8 Å². The molecule has 12 heavy (non-hydrogen) atoms. The van der Waals surface area contributed by atoms with Crippen molar-refractivity contribution in [3.05, 3.63) is 10.8 Å². The summed E-state index contributed by atoms with van der Waals surface area (Å²) in [6.07, 6.45) is 0. The minimum Gasteiger partial charge on any atom is -0.366 e. The van der Waals surface area contributed by atoms with E-state index in [1.807, 2.05) is 13.8 Å². The van der Waals surface area contributed by atoms with Crippen molar-refractivity contribution >= 4 is 14.7 Å². The standard InChI is InChI=1S/C9H19NOSi/c1-5-12(6-2)8(7(3)4)9(10)11/h12H,5-6H2,1-4H3,(H2,10,11). The molecule has 3 heteroatoms. The Balaban J connectivity index is 4.74. The minimum atomic E-state index is -1.02. The third kappa shape index (κ3) is 2.81. The van der Waals surface area contributed by atoms with Gasteiger partial charge in [0.05, 0.1) is 8.80 Å². The van der Waals surface area contributed by atoms with Gasteiger partial charge in [0, 0.05) is 0 Å². The molecule has 0 saturated heterocycles. The number of carbonyl (C=O) groups is 1. The summed E-state index contributed by atoms with van der Waals surface area (Å²) in [5.74, 6) is -0.199. The third-order valence-corrected chi connectivity index (χ3v) is 5.85. The lowest BCUT2D eigenvalue weighted by atomic mass is 10.3. The van der Waals surface area contributed by atoms with Gasteiger partial charge in [-0.3, -0.25) is 4.79 Å².